The van der Waals surface area contributed by atoms with Crippen LogP contribution in [0, 0.1) is 17.8 Å². The molecule has 3 aliphatic rings. The van der Waals surface area contributed by atoms with Gasteiger partial charge in [-0.3, -0.25) is 0 Å². The van der Waals surface area contributed by atoms with E-state index in [9.17, 15) is 0 Å². The van der Waals surface area contributed by atoms with E-state index in [0.29, 0.717) is 5.41 Å². The molecule has 2 saturated carbocycles. The Morgan fingerprint density at radius 1 is 1.21 bits per heavy atom. The van der Waals surface area contributed by atoms with Gasteiger partial charge in [0.1, 0.15) is 5.75 Å². The molecule has 2 nitrogen and oxygen atoms in total. The molecule has 2 heteroatoms. The Bertz CT molecular complexity index is 567. The second-order valence-corrected chi connectivity index (χ2v) is 8.78. The van der Waals surface area contributed by atoms with E-state index >= 15 is 0 Å². The highest BCUT2D eigenvalue weighted by molar-refractivity contribution is 5.36. The molecule has 0 bridgehead atoms. The molecular weight excluding hydrogens is 294 g/mol. The Morgan fingerprint density at radius 2 is 2.08 bits per heavy atom. The van der Waals surface area contributed by atoms with Crippen LogP contribution in [0.2, 0.25) is 0 Å². The molecule has 2 aliphatic carbocycles. The van der Waals surface area contributed by atoms with E-state index in [0.717, 1.165) is 23.5 Å². The van der Waals surface area contributed by atoms with Gasteiger partial charge in [-0.25, -0.2) is 0 Å². The summed E-state index contributed by atoms with van der Waals surface area (Å²) < 4.78 is 5.53. The Balaban J connectivity index is 1.57. The fourth-order valence-corrected chi connectivity index (χ4v) is 5.62. The summed E-state index contributed by atoms with van der Waals surface area (Å²) in [6.45, 7) is 6.43. The highest BCUT2D eigenvalue weighted by atomic mass is 16.5. The first-order valence-corrected chi connectivity index (χ1v) is 10.1. The lowest BCUT2D eigenvalue weighted by Gasteiger charge is -2.53. The third-order valence-electron chi connectivity index (χ3n) is 7.24. The summed E-state index contributed by atoms with van der Waals surface area (Å²) in [5.41, 5.74) is 1.93. The molecule has 0 spiro atoms. The third kappa shape index (κ3) is 2.98. The minimum absolute atomic E-state index is 0.391. The SMILES string of the molecule is COc1cccc([C@@]23CCN(CC4CCC4)C[C@@H]2CC[C@H](C)C3)c1. The lowest BCUT2D eigenvalue weighted by molar-refractivity contribution is 0.0248. The van der Waals surface area contributed by atoms with Gasteiger partial charge in [0, 0.05) is 18.5 Å². The van der Waals surface area contributed by atoms with Gasteiger partial charge in [0.05, 0.1) is 7.11 Å². The van der Waals surface area contributed by atoms with Gasteiger partial charge in [-0.05, 0) is 74.1 Å². The van der Waals surface area contributed by atoms with Crippen molar-refractivity contribution < 1.29 is 4.74 Å². The summed E-state index contributed by atoms with van der Waals surface area (Å²) in [6.07, 6.45) is 9.92. The molecule has 0 amide bonds. The number of hydrogen-bond acceptors (Lipinski definition) is 2. The van der Waals surface area contributed by atoms with Crippen molar-refractivity contribution in [3.63, 3.8) is 0 Å². The van der Waals surface area contributed by atoms with Gasteiger partial charge in [-0.1, -0.05) is 31.9 Å². The van der Waals surface area contributed by atoms with Crippen molar-refractivity contribution >= 4 is 0 Å². The van der Waals surface area contributed by atoms with Gasteiger partial charge in [0.15, 0.2) is 0 Å². The lowest BCUT2D eigenvalue weighted by atomic mass is 9.57. The minimum atomic E-state index is 0.391. The number of ether oxygens (including phenoxy) is 1. The predicted octanol–water partition coefficient (Wildman–Crippen LogP) is 4.88. The van der Waals surface area contributed by atoms with Crippen LogP contribution in [-0.4, -0.2) is 31.6 Å². The molecule has 1 aromatic rings. The van der Waals surface area contributed by atoms with Crippen LogP contribution in [0.4, 0.5) is 0 Å². The highest BCUT2D eigenvalue weighted by Crippen LogP contribution is 2.51. The average Bonchev–Trinajstić information content (AvgIpc) is 2.58. The zero-order valence-electron chi connectivity index (χ0n) is 15.5. The smallest absolute Gasteiger partial charge is 0.119 e. The van der Waals surface area contributed by atoms with Gasteiger partial charge >= 0.3 is 0 Å². The Labute approximate surface area is 147 Å². The maximum Gasteiger partial charge on any atom is 0.119 e. The van der Waals surface area contributed by atoms with E-state index in [2.05, 4.69) is 36.1 Å². The van der Waals surface area contributed by atoms with Crippen LogP contribution >= 0.6 is 0 Å². The number of rotatable bonds is 4. The number of hydrogen-bond donors (Lipinski definition) is 0. The van der Waals surface area contributed by atoms with E-state index < -0.39 is 0 Å². The van der Waals surface area contributed by atoms with Crippen LogP contribution in [0.1, 0.15) is 57.4 Å². The molecule has 1 aliphatic heterocycles. The molecule has 132 valence electrons. The zero-order chi connectivity index (χ0) is 16.6. The zero-order valence-corrected chi connectivity index (χ0v) is 15.5. The van der Waals surface area contributed by atoms with Gasteiger partial charge < -0.3 is 9.64 Å². The molecule has 3 atom stereocenters. The van der Waals surface area contributed by atoms with Gasteiger partial charge in [0.2, 0.25) is 0 Å². The first-order valence-electron chi connectivity index (χ1n) is 10.1. The molecule has 0 N–H and O–H groups in total. The summed E-state index contributed by atoms with van der Waals surface area (Å²) in [6, 6.07) is 8.98. The topological polar surface area (TPSA) is 12.5 Å². The molecule has 0 radical (unpaired) electrons. The maximum atomic E-state index is 5.53. The van der Waals surface area contributed by atoms with Gasteiger partial charge in [-0.2, -0.15) is 0 Å². The third-order valence-corrected chi connectivity index (χ3v) is 7.24. The normalized spacial score (nSPS) is 34.4. The molecule has 1 saturated heterocycles. The van der Waals surface area contributed by atoms with Crippen LogP contribution < -0.4 is 4.74 Å². The van der Waals surface area contributed by atoms with E-state index in [4.69, 9.17) is 4.74 Å². The van der Waals surface area contributed by atoms with Crippen LogP contribution in [0.25, 0.3) is 0 Å². The second kappa shape index (κ2) is 6.71. The summed E-state index contributed by atoms with van der Waals surface area (Å²) in [7, 11) is 1.79. The molecule has 0 unspecified atom stereocenters. The van der Waals surface area contributed by atoms with E-state index in [1.165, 1.54) is 64.6 Å². The molecule has 3 fully saturated rings. The number of nitrogens with zero attached hydrogens (tertiary/aromatic N) is 1. The molecule has 4 rings (SSSR count). The predicted molar refractivity (Wildman–Crippen MR) is 99.6 cm³/mol. The average molecular weight is 328 g/mol. The van der Waals surface area contributed by atoms with Crippen molar-refractivity contribution in [2.24, 2.45) is 17.8 Å². The molecule has 24 heavy (non-hydrogen) atoms. The van der Waals surface area contributed by atoms with Crippen LogP contribution in [0.5, 0.6) is 5.75 Å². The standard InChI is InChI=1S/C22H33NO/c1-17-9-10-20-16-23(15-18-5-3-6-18)12-11-22(20,14-17)19-7-4-8-21(13-19)24-2/h4,7-8,13,17-18,20H,3,5-6,9-12,14-16H2,1-2H3/t17-,20-,22-/m0/s1. The monoisotopic (exact) mass is 327 g/mol. The van der Waals surface area contributed by atoms with Gasteiger partial charge in [-0.15, -0.1) is 0 Å². The number of methoxy groups -OCH3 is 1. The van der Waals surface area contributed by atoms with Crippen molar-refractivity contribution in [1.82, 2.24) is 4.90 Å². The van der Waals surface area contributed by atoms with E-state index in [1.54, 1.807) is 12.7 Å². The summed E-state index contributed by atoms with van der Waals surface area (Å²) in [5.74, 6) is 3.70. The Hall–Kier alpha value is -1.02. The number of piperidine rings is 1. The molecular formula is C22H33NO. The van der Waals surface area contributed by atoms with Crippen molar-refractivity contribution in [2.75, 3.05) is 26.7 Å². The van der Waals surface area contributed by atoms with Crippen LogP contribution in [-0.2, 0) is 5.41 Å². The number of fused-ring (bicyclic) bond motifs is 1. The quantitative estimate of drug-likeness (QED) is 0.782. The number of likely N-dealkylation sites (tertiary alicyclic amines) is 1. The minimum Gasteiger partial charge on any atom is -0.497 e. The van der Waals surface area contributed by atoms with Crippen LogP contribution in [0.15, 0.2) is 24.3 Å². The largest absolute Gasteiger partial charge is 0.497 e. The van der Waals surface area contributed by atoms with E-state index in [-0.39, 0.29) is 0 Å². The molecule has 1 heterocycles. The first kappa shape index (κ1) is 16.4. The molecule has 0 aromatic heterocycles. The van der Waals surface area contributed by atoms with Crippen molar-refractivity contribution in [2.45, 2.75) is 57.3 Å². The lowest BCUT2D eigenvalue weighted by Crippen LogP contribution is -2.53. The van der Waals surface area contributed by atoms with Crippen molar-refractivity contribution in [3.05, 3.63) is 29.8 Å². The highest BCUT2D eigenvalue weighted by Gasteiger charge is 2.47. The first-order chi connectivity index (χ1) is 11.7. The van der Waals surface area contributed by atoms with Crippen molar-refractivity contribution in [1.29, 1.82) is 0 Å². The fraction of sp³-hybridized carbons (Fsp3) is 0.727. The summed E-state index contributed by atoms with van der Waals surface area (Å²) >= 11 is 0. The fourth-order valence-electron chi connectivity index (χ4n) is 5.62. The van der Waals surface area contributed by atoms with Crippen LogP contribution in [0.3, 0.4) is 0 Å². The Morgan fingerprint density at radius 3 is 2.83 bits per heavy atom. The van der Waals surface area contributed by atoms with Gasteiger partial charge in [0.25, 0.3) is 0 Å². The summed E-state index contributed by atoms with van der Waals surface area (Å²) in [4.78, 5) is 2.79. The van der Waals surface area contributed by atoms with E-state index in [1.807, 2.05) is 0 Å². The number of benzene rings is 1. The maximum absolute atomic E-state index is 5.53. The second-order valence-electron chi connectivity index (χ2n) is 8.78. The Kier molecular flexibility index (Phi) is 4.60. The molecule has 1 aromatic carbocycles. The van der Waals surface area contributed by atoms with Crippen molar-refractivity contribution in [3.8, 4) is 5.75 Å². The summed E-state index contributed by atoms with van der Waals surface area (Å²) in [5, 5.41) is 0.